The zero-order chi connectivity index (χ0) is 13.4. The summed E-state index contributed by atoms with van der Waals surface area (Å²) < 4.78 is 11.3. The van der Waals surface area contributed by atoms with Crippen molar-refractivity contribution in [2.75, 3.05) is 19.8 Å². The number of benzene rings is 1. The van der Waals surface area contributed by atoms with E-state index in [-0.39, 0.29) is 5.56 Å². The standard InChI is InChI=1S/C13H17BrO4/c1-2-3-6-17-7-8-18-10-4-5-11(13(15)16)12(14)9-10/h4-5,9H,2-3,6-8H2,1H3,(H,15,16). The van der Waals surface area contributed by atoms with Gasteiger partial charge in [0, 0.05) is 11.1 Å². The number of aromatic carboxylic acids is 1. The largest absolute Gasteiger partial charge is 0.491 e. The Balaban J connectivity index is 2.35. The maximum absolute atomic E-state index is 10.8. The van der Waals surface area contributed by atoms with Gasteiger partial charge < -0.3 is 14.6 Å². The monoisotopic (exact) mass is 316 g/mol. The molecular formula is C13H17BrO4. The number of hydrogen-bond donors (Lipinski definition) is 1. The molecule has 0 radical (unpaired) electrons. The van der Waals surface area contributed by atoms with Crippen LogP contribution in [-0.2, 0) is 4.74 Å². The summed E-state index contributed by atoms with van der Waals surface area (Å²) in [5, 5.41) is 8.86. The van der Waals surface area contributed by atoms with Crippen LogP contribution in [0, 0.1) is 0 Å². The van der Waals surface area contributed by atoms with Crippen LogP contribution < -0.4 is 4.74 Å². The fourth-order valence-electron chi connectivity index (χ4n) is 1.33. The predicted molar refractivity (Wildman–Crippen MR) is 72.3 cm³/mol. The van der Waals surface area contributed by atoms with Gasteiger partial charge in [-0.2, -0.15) is 0 Å². The third kappa shape index (κ3) is 5.06. The van der Waals surface area contributed by atoms with Gasteiger partial charge in [-0.15, -0.1) is 0 Å². The highest BCUT2D eigenvalue weighted by Gasteiger charge is 2.08. The van der Waals surface area contributed by atoms with Gasteiger partial charge >= 0.3 is 5.97 Å². The van der Waals surface area contributed by atoms with Crippen LogP contribution >= 0.6 is 15.9 Å². The Labute approximate surface area is 115 Å². The van der Waals surface area contributed by atoms with E-state index < -0.39 is 5.97 Å². The number of carbonyl (C=O) groups is 1. The maximum atomic E-state index is 10.8. The van der Waals surface area contributed by atoms with Gasteiger partial charge in [-0.05, 0) is 40.5 Å². The lowest BCUT2D eigenvalue weighted by molar-refractivity contribution is 0.0695. The topological polar surface area (TPSA) is 55.8 Å². The number of hydrogen-bond acceptors (Lipinski definition) is 3. The molecule has 0 heterocycles. The fourth-order valence-corrected chi connectivity index (χ4v) is 1.85. The Hall–Kier alpha value is -1.07. The molecule has 0 amide bonds. The first-order valence-electron chi connectivity index (χ1n) is 5.88. The molecule has 1 rings (SSSR count). The lowest BCUT2D eigenvalue weighted by atomic mass is 10.2. The molecular weight excluding hydrogens is 300 g/mol. The highest BCUT2D eigenvalue weighted by molar-refractivity contribution is 9.10. The summed E-state index contributed by atoms with van der Waals surface area (Å²) in [5.41, 5.74) is 0.224. The molecule has 18 heavy (non-hydrogen) atoms. The second-order valence-electron chi connectivity index (χ2n) is 3.76. The number of carboxylic acid groups (broad SMARTS) is 1. The summed E-state index contributed by atoms with van der Waals surface area (Å²) in [4.78, 5) is 10.8. The Kier molecular flexibility index (Phi) is 6.75. The molecule has 1 aromatic rings. The van der Waals surface area contributed by atoms with Gasteiger partial charge in [-0.1, -0.05) is 13.3 Å². The number of rotatable bonds is 8. The van der Waals surface area contributed by atoms with Crippen molar-refractivity contribution in [2.24, 2.45) is 0 Å². The molecule has 4 nitrogen and oxygen atoms in total. The van der Waals surface area contributed by atoms with E-state index in [0.717, 1.165) is 19.4 Å². The summed E-state index contributed by atoms with van der Waals surface area (Å²) in [6, 6.07) is 4.80. The van der Waals surface area contributed by atoms with Crippen LogP contribution in [0.3, 0.4) is 0 Å². The van der Waals surface area contributed by atoms with Gasteiger partial charge in [0.05, 0.1) is 12.2 Å². The summed E-state index contributed by atoms with van der Waals surface area (Å²) in [6.45, 7) is 3.86. The number of ether oxygens (including phenoxy) is 2. The average Bonchev–Trinajstić information content (AvgIpc) is 2.33. The van der Waals surface area contributed by atoms with Crippen molar-refractivity contribution in [3.05, 3.63) is 28.2 Å². The SMILES string of the molecule is CCCCOCCOc1ccc(C(=O)O)c(Br)c1. The van der Waals surface area contributed by atoms with Gasteiger partial charge in [-0.3, -0.25) is 0 Å². The van der Waals surface area contributed by atoms with Crippen molar-refractivity contribution >= 4 is 21.9 Å². The van der Waals surface area contributed by atoms with Gasteiger partial charge in [0.15, 0.2) is 0 Å². The van der Waals surface area contributed by atoms with Crippen LogP contribution in [-0.4, -0.2) is 30.9 Å². The van der Waals surface area contributed by atoms with Crippen molar-refractivity contribution in [1.29, 1.82) is 0 Å². The molecule has 0 aliphatic carbocycles. The van der Waals surface area contributed by atoms with Crippen molar-refractivity contribution in [2.45, 2.75) is 19.8 Å². The maximum Gasteiger partial charge on any atom is 0.336 e. The smallest absolute Gasteiger partial charge is 0.336 e. The van der Waals surface area contributed by atoms with E-state index in [1.54, 1.807) is 12.1 Å². The third-order valence-corrected chi connectivity index (χ3v) is 2.97. The normalized spacial score (nSPS) is 10.3. The molecule has 0 saturated carbocycles. The summed E-state index contributed by atoms with van der Waals surface area (Å²) in [7, 11) is 0. The minimum absolute atomic E-state index is 0.224. The minimum Gasteiger partial charge on any atom is -0.491 e. The molecule has 5 heteroatoms. The molecule has 0 aliphatic rings. The van der Waals surface area contributed by atoms with Crippen LogP contribution in [0.5, 0.6) is 5.75 Å². The summed E-state index contributed by atoms with van der Waals surface area (Å²) in [6.07, 6.45) is 2.17. The van der Waals surface area contributed by atoms with Crippen LogP contribution in [0.4, 0.5) is 0 Å². The minimum atomic E-state index is -0.962. The van der Waals surface area contributed by atoms with Crippen LogP contribution in [0.1, 0.15) is 30.1 Å². The van der Waals surface area contributed by atoms with Gasteiger partial charge in [0.2, 0.25) is 0 Å². The van der Waals surface area contributed by atoms with Crippen molar-refractivity contribution in [1.82, 2.24) is 0 Å². The molecule has 0 saturated heterocycles. The highest BCUT2D eigenvalue weighted by atomic mass is 79.9. The quantitative estimate of drug-likeness (QED) is 0.747. The molecule has 1 N–H and O–H groups in total. The average molecular weight is 317 g/mol. The Bertz CT molecular complexity index is 393. The van der Waals surface area contributed by atoms with Gasteiger partial charge in [-0.25, -0.2) is 4.79 Å². The van der Waals surface area contributed by atoms with E-state index >= 15 is 0 Å². The van der Waals surface area contributed by atoms with Crippen molar-refractivity contribution in [3.63, 3.8) is 0 Å². The molecule has 0 fully saturated rings. The summed E-state index contributed by atoms with van der Waals surface area (Å²) in [5.74, 6) is -0.331. The molecule has 0 atom stereocenters. The predicted octanol–water partition coefficient (Wildman–Crippen LogP) is 3.34. The lowest BCUT2D eigenvalue weighted by Gasteiger charge is -2.08. The number of unbranched alkanes of at least 4 members (excludes halogenated alkanes) is 1. The molecule has 0 spiro atoms. The zero-order valence-electron chi connectivity index (χ0n) is 10.3. The molecule has 0 aromatic heterocycles. The van der Waals surface area contributed by atoms with Crippen molar-refractivity contribution in [3.8, 4) is 5.75 Å². The van der Waals surface area contributed by atoms with Crippen molar-refractivity contribution < 1.29 is 19.4 Å². The van der Waals surface area contributed by atoms with E-state index in [1.807, 2.05) is 0 Å². The van der Waals surface area contributed by atoms with Crippen LogP contribution in [0.2, 0.25) is 0 Å². The van der Waals surface area contributed by atoms with Crippen LogP contribution in [0.25, 0.3) is 0 Å². The first kappa shape index (κ1) is 15.0. The zero-order valence-corrected chi connectivity index (χ0v) is 11.9. The molecule has 0 unspecified atom stereocenters. The second kappa shape index (κ2) is 8.11. The Morgan fingerprint density at radius 3 is 2.72 bits per heavy atom. The van der Waals surface area contributed by atoms with Crippen LogP contribution in [0.15, 0.2) is 22.7 Å². The molecule has 0 aliphatic heterocycles. The lowest BCUT2D eigenvalue weighted by Crippen LogP contribution is -2.07. The fraction of sp³-hybridized carbons (Fsp3) is 0.462. The molecule has 100 valence electrons. The van der Waals surface area contributed by atoms with E-state index in [1.165, 1.54) is 6.07 Å². The number of carboxylic acids is 1. The van der Waals surface area contributed by atoms with E-state index in [4.69, 9.17) is 14.6 Å². The molecule has 0 bridgehead atoms. The van der Waals surface area contributed by atoms with E-state index in [9.17, 15) is 4.79 Å². The molecule has 1 aromatic carbocycles. The third-order valence-electron chi connectivity index (χ3n) is 2.31. The van der Waals surface area contributed by atoms with E-state index in [0.29, 0.717) is 23.4 Å². The second-order valence-corrected chi connectivity index (χ2v) is 4.62. The Morgan fingerprint density at radius 1 is 1.33 bits per heavy atom. The Morgan fingerprint density at radius 2 is 2.11 bits per heavy atom. The van der Waals surface area contributed by atoms with Gasteiger partial charge in [0.25, 0.3) is 0 Å². The number of halogens is 1. The van der Waals surface area contributed by atoms with E-state index in [2.05, 4.69) is 22.9 Å². The first-order valence-corrected chi connectivity index (χ1v) is 6.68. The van der Waals surface area contributed by atoms with Gasteiger partial charge in [0.1, 0.15) is 12.4 Å². The highest BCUT2D eigenvalue weighted by Crippen LogP contribution is 2.23. The first-order chi connectivity index (χ1) is 8.65. The summed E-state index contributed by atoms with van der Waals surface area (Å²) >= 11 is 3.20.